The Hall–Kier alpha value is -2.11. The summed E-state index contributed by atoms with van der Waals surface area (Å²) in [7, 11) is 2.39. The molecule has 0 aromatic heterocycles. The van der Waals surface area contributed by atoms with Crippen molar-refractivity contribution in [1.82, 2.24) is 0 Å². The van der Waals surface area contributed by atoms with Gasteiger partial charge < -0.3 is 14.6 Å². The second-order valence-electron chi connectivity index (χ2n) is 4.24. The molecule has 5 nitrogen and oxygen atoms in total. The number of carbonyl (C=O) groups excluding carboxylic acids is 1. The quantitative estimate of drug-likeness (QED) is 0.650. The predicted molar refractivity (Wildman–Crippen MR) is 64.4 cm³/mol. The summed E-state index contributed by atoms with van der Waals surface area (Å²) in [6.07, 6.45) is -0.321. The normalized spacial score (nSPS) is 13.5. The first-order valence-electron chi connectivity index (χ1n) is 5.50. The standard InChI is InChI=1S/C13H15FO5/c1-13(11(15)16,12(17)19-3)7-8-5-4-6-9(18-2)10(8)14/h4-6H,7H2,1-3H3,(H,15,16). The third-order valence-corrected chi connectivity index (χ3v) is 2.92. The van der Waals surface area contributed by atoms with E-state index in [-0.39, 0.29) is 17.7 Å². The van der Waals surface area contributed by atoms with E-state index in [0.29, 0.717) is 0 Å². The van der Waals surface area contributed by atoms with Crippen LogP contribution >= 0.6 is 0 Å². The molecule has 0 aliphatic heterocycles. The number of carbonyl (C=O) groups is 2. The molecule has 0 bridgehead atoms. The van der Waals surface area contributed by atoms with Crippen molar-refractivity contribution in [3.63, 3.8) is 0 Å². The van der Waals surface area contributed by atoms with Gasteiger partial charge in [0, 0.05) is 6.42 Å². The van der Waals surface area contributed by atoms with E-state index in [4.69, 9.17) is 9.84 Å². The SMILES string of the molecule is COC(=O)C(C)(Cc1cccc(OC)c1F)C(=O)O. The van der Waals surface area contributed by atoms with Crippen molar-refractivity contribution in [2.75, 3.05) is 14.2 Å². The molecule has 0 heterocycles. The van der Waals surface area contributed by atoms with Crippen LogP contribution in [0.4, 0.5) is 4.39 Å². The second kappa shape index (κ2) is 5.69. The number of aliphatic carboxylic acids is 1. The van der Waals surface area contributed by atoms with Crippen LogP contribution in [0.2, 0.25) is 0 Å². The van der Waals surface area contributed by atoms with Gasteiger partial charge in [-0.2, -0.15) is 0 Å². The Morgan fingerprint density at radius 3 is 2.47 bits per heavy atom. The molecule has 0 spiro atoms. The van der Waals surface area contributed by atoms with Crippen LogP contribution in [0.25, 0.3) is 0 Å². The first-order chi connectivity index (χ1) is 8.86. The van der Waals surface area contributed by atoms with E-state index in [2.05, 4.69) is 4.74 Å². The first kappa shape index (κ1) is 14.9. The summed E-state index contributed by atoms with van der Waals surface area (Å²) in [5, 5.41) is 9.16. The smallest absolute Gasteiger partial charge is 0.323 e. The van der Waals surface area contributed by atoms with Crippen molar-refractivity contribution < 1.29 is 28.6 Å². The molecule has 1 atom stereocenters. The lowest BCUT2D eigenvalue weighted by atomic mass is 9.83. The van der Waals surface area contributed by atoms with E-state index in [1.54, 1.807) is 0 Å². The topological polar surface area (TPSA) is 72.8 Å². The molecule has 0 amide bonds. The maximum Gasteiger partial charge on any atom is 0.323 e. The van der Waals surface area contributed by atoms with E-state index < -0.39 is 23.2 Å². The fraction of sp³-hybridized carbons (Fsp3) is 0.385. The van der Waals surface area contributed by atoms with Crippen LogP contribution < -0.4 is 4.74 Å². The molecule has 1 rings (SSSR count). The molecule has 1 aromatic rings. The molecule has 1 N–H and O–H groups in total. The molecule has 0 saturated carbocycles. The summed E-state index contributed by atoms with van der Waals surface area (Å²) in [5.74, 6) is -2.99. The Labute approximate surface area is 109 Å². The second-order valence-corrected chi connectivity index (χ2v) is 4.24. The maximum atomic E-state index is 14.0. The number of benzene rings is 1. The van der Waals surface area contributed by atoms with Gasteiger partial charge in [0.1, 0.15) is 0 Å². The molecule has 19 heavy (non-hydrogen) atoms. The average molecular weight is 270 g/mol. The largest absolute Gasteiger partial charge is 0.494 e. The highest BCUT2D eigenvalue weighted by Crippen LogP contribution is 2.29. The van der Waals surface area contributed by atoms with Crippen molar-refractivity contribution in [2.45, 2.75) is 13.3 Å². The molecule has 6 heteroatoms. The summed E-state index contributed by atoms with van der Waals surface area (Å²) < 4.78 is 23.2. The number of halogens is 1. The Balaban J connectivity index is 3.18. The number of methoxy groups -OCH3 is 2. The number of hydrogen-bond acceptors (Lipinski definition) is 4. The zero-order chi connectivity index (χ0) is 14.6. The fourth-order valence-electron chi connectivity index (χ4n) is 1.69. The number of hydrogen-bond donors (Lipinski definition) is 1. The van der Waals surface area contributed by atoms with Crippen molar-refractivity contribution in [2.24, 2.45) is 5.41 Å². The summed E-state index contributed by atoms with van der Waals surface area (Å²) in [6.45, 7) is 1.19. The van der Waals surface area contributed by atoms with Gasteiger partial charge in [-0.1, -0.05) is 12.1 Å². The van der Waals surface area contributed by atoms with Gasteiger partial charge in [0.2, 0.25) is 0 Å². The summed E-state index contributed by atoms with van der Waals surface area (Å²) in [4.78, 5) is 22.8. The number of carboxylic acids is 1. The van der Waals surface area contributed by atoms with Gasteiger partial charge in [-0.3, -0.25) is 9.59 Å². The van der Waals surface area contributed by atoms with Crippen LogP contribution in [-0.2, 0) is 20.7 Å². The van der Waals surface area contributed by atoms with E-state index in [1.807, 2.05) is 0 Å². The zero-order valence-corrected chi connectivity index (χ0v) is 10.9. The lowest BCUT2D eigenvalue weighted by Crippen LogP contribution is -2.39. The van der Waals surface area contributed by atoms with E-state index in [0.717, 1.165) is 7.11 Å². The van der Waals surface area contributed by atoms with Crippen LogP contribution in [0.3, 0.4) is 0 Å². The number of ether oxygens (including phenoxy) is 2. The Bertz CT molecular complexity index is 500. The van der Waals surface area contributed by atoms with Crippen molar-refractivity contribution in [3.05, 3.63) is 29.6 Å². The summed E-state index contributed by atoms with van der Waals surface area (Å²) >= 11 is 0. The predicted octanol–water partition coefficient (Wildman–Crippen LogP) is 1.64. The zero-order valence-electron chi connectivity index (χ0n) is 10.9. The van der Waals surface area contributed by atoms with Gasteiger partial charge in [0.25, 0.3) is 0 Å². The molecule has 0 fully saturated rings. The van der Waals surface area contributed by atoms with Gasteiger partial charge in [0.15, 0.2) is 17.0 Å². The van der Waals surface area contributed by atoms with Crippen LogP contribution in [0.15, 0.2) is 18.2 Å². The maximum absolute atomic E-state index is 14.0. The highest BCUT2D eigenvalue weighted by Gasteiger charge is 2.43. The molecule has 0 aliphatic carbocycles. The average Bonchev–Trinajstić information content (AvgIpc) is 2.39. The lowest BCUT2D eigenvalue weighted by molar-refractivity contribution is -0.165. The number of esters is 1. The lowest BCUT2D eigenvalue weighted by Gasteiger charge is -2.22. The van der Waals surface area contributed by atoms with Crippen LogP contribution in [0.1, 0.15) is 12.5 Å². The molecule has 0 aliphatic rings. The molecule has 0 radical (unpaired) electrons. The van der Waals surface area contributed by atoms with Gasteiger partial charge in [-0.05, 0) is 18.6 Å². The molecule has 0 saturated heterocycles. The molecule has 1 aromatic carbocycles. The summed E-state index contributed by atoms with van der Waals surface area (Å²) in [6, 6.07) is 4.34. The van der Waals surface area contributed by atoms with Crippen LogP contribution in [0, 0.1) is 11.2 Å². The monoisotopic (exact) mass is 270 g/mol. The minimum Gasteiger partial charge on any atom is -0.494 e. The Morgan fingerprint density at radius 1 is 1.37 bits per heavy atom. The molecular weight excluding hydrogens is 255 g/mol. The highest BCUT2D eigenvalue weighted by molar-refractivity contribution is 5.98. The summed E-state index contributed by atoms with van der Waals surface area (Å²) in [5.41, 5.74) is -1.77. The Morgan fingerprint density at radius 2 is 2.00 bits per heavy atom. The minimum atomic E-state index is -1.85. The number of carboxylic acid groups (broad SMARTS) is 1. The van der Waals surface area contributed by atoms with Gasteiger partial charge in [-0.25, -0.2) is 4.39 Å². The van der Waals surface area contributed by atoms with Gasteiger partial charge in [-0.15, -0.1) is 0 Å². The number of rotatable bonds is 5. The molecule has 1 unspecified atom stereocenters. The van der Waals surface area contributed by atoms with E-state index in [9.17, 15) is 14.0 Å². The van der Waals surface area contributed by atoms with Crippen molar-refractivity contribution in [1.29, 1.82) is 0 Å². The first-order valence-corrected chi connectivity index (χ1v) is 5.50. The van der Waals surface area contributed by atoms with E-state index in [1.165, 1.54) is 32.2 Å². The van der Waals surface area contributed by atoms with Crippen molar-refractivity contribution in [3.8, 4) is 5.75 Å². The highest BCUT2D eigenvalue weighted by atomic mass is 19.1. The molecule has 104 valence electrons. The van der Waals surface area contributed by atoms with Crippen LogP contribution in [-0.4, -0.2) is 31.3 Å². The third kappa shape index (κ3) is 2.83. The van der Waals surface area contributed by atoms with Gasteiger partial charge >= 0.3 is 11.9 Å². The third-order valence-electron chi connectivity index (χ3n) is 2.92. The van der Waals surface area contributed by atoms with Crippen molar-refractivity contribution >= 4 is 11.9 Å². The minimum absolute atomic E-state index is 0.00453. The molecular formula is C13H15FO5. The van der Waals surface area contributed by atoms with Gasteiger partial charge in [0.05, 0.1) is 14.2 Å². The van der Waals surface area contributed by atoms with E-state index >= 15 is 0 Å². The fourth-order valence-corrected chi connectivity index (χ4v) is 1.69. The van der Waals surface area contributed by atoms with Crippen LogP contribution in [0.5, 0.6) is 5.75 Å². The Kier molecular flexibility index (Phi) is 4.47.